The highest BCUT2D eigenvalue weighted by atomic mass is 35.5. The highest BCUT2D eigenvalue weighted by molar-refractivity contribution is 8.18. The van der Waals surface area contributed by atoms with E-state index in [2.05, 4.69) is 21.4 Å². The van der Waals surface area contributed by atoms with Crippen molar-refractivity contribution in [3.8, 4) is 0 Å². The van der Waals surface area contributed by atoms with Crippen molar-refractivity contribution in [3.63, 3.8) is 0 Å². The molecule has 3 heterocycles. The van der Waals surface area contributed by atoms with Gasteiger partial charge in [0.2, 0.25) is 0 Å². The van der Waals surface area contributed by atoms with Crippen LogP contribution in [0.1, 0.15) is 29.5 Å². The van der Waals surface area contributed by atoms with E-state index in [1.165, 1.54) is 28.6 Å². The summed E-state index contributed by atoms with van der Waals surface area (Å²) in [7, 11) is 0. The molecule has 0 atom stereocenters. The predicted octanol–water partition coefficient (Wildman–Crippen LogP) is 6.03. The predicted molar refractivity (Wildman–Crippen MR) is 128 cm³/mol. The highest BCUT2D eigenvalue weighted by Crippen LogP contribution is 2.35. The van der Waals surface area contributed by atoms with E-state index in [-0.39, 0.29) is 23.0 Å². The van der Waals surface area contributed by atoms with E-state index >= 15 is 0 Å². The summed E-state index contributed by atoms with van der Waals surface area (Å²) in [5.41, 5.74) is 0.802. The number of aromatic nitrogens is 2. The molecule has 0 saturated carbocycles. The van der Waals surface area contributed by atoms with Gasteiger partial charge in [-0.15, -0.1) is 0 Å². The SMILES string of the molecule is O=C1N=C(N2CC[CH]CC2)SC1=Cc1ccc2c(cnn2Cc2ccc(Cl)cc2C(F)(F)F)c1. The van der Waals surface area contributed by atoms with Gasteiger partial charge in [-0.2, -0.15) is 23.3 Å². The van der Waals surface area contributed by atoms with Crippen molar-refractivity contribution in [2.24, 2.45) is 4.99 Å². The summed E-state index contributed by atoms with van der Waals surface area (Å²) in [4.78, 5) is 19.3. The first-order valence-corrected chi connectivity index (χ1v) is 11.9. The Hall–Kier alpha value is -2.78. The first-order valence-electron chi connectivity index (χ1n) is 10.7. The Labute approximate surface area is 203 Å². The standard InChI is InChI=1S/C24H19ClF3N4OS/c25-18-6-5-16(19(12-18)24(26,27)28)14-32-20-7-4-15(10-17(20)13-29-32)11-21-22(33)30-23(34-21)31-8-2-1-3-9-31/h1,4-7,10-13H,2-3,8-9,14H2. The molecule has 1 saturated heterocycles. The van der Waals surface area contributed by atoms with Gasteiger partial charge >= 0.3 is 6.18 Å². The average Bonchev–Trinajstić information content (AvgIpc) is 3.38. The molecule has 175 valence electrons. The number of benzene rings is 2. The number of thioether (sulfide) groups is 1. The summed E-state index contributed by atoms with van der Waals surface area (Å²) < 4.78 is 41.9. The molecule has 0 unspecified atom stereocenters. The second-order valence-corrected chi connectivity index (χ2v) is 9.53. The van der Waals surface area contributed by atoms with Crippen LogP contribution in [-0.4, -0.2) is 38.8 Å². The summed E-state index contributed by atoms with van der Waals surface area (Å²) in [6.07, 6.45) is 3.08. The number of amidine groups is 1. The van der Waals surface area contributed by atoms with Crippen LogP contribution in [0, 0.1) is 6.42 Å². The number of nitrogens with zero attached hydrogens (tertiary/aromatic N) is 4. The van der Waals surface area contributed by atoms with E-state index in [1.807, 2.05) is 12.1 Å². The molecule has 2 aliphatic rings. The summed E-state index contributed by atoms with van der Waals surface area (Å²) in [6.45, 7) is 1.68. The van der Waals surface area contributed by atoms with E-state index in [0.29, 0.717) is 10.4 Å². The number of aliphatic imine (C=N–C) groups is 1. The molecule has 10 heteroatoms. The number of hydrogen-bond acceptors (Lipinski definition) is 4. The van der Waals surface area contributed by atoms with E-state index in [0.717, 1.165) is 48.1 Å². The normalized spacial score (nSPS) is 18.2. The Morgan fingerprint density at radius 1 is 1.12 bits per heavy atom. The second kappa shape index (κ2) is 9.11. The van der Waals surface area contributed by atoms with Gasteiger partial charge in [-0.25, -0.2) is 0 Å². The van der Waals surface area contributed by atoms with Gasteiger partial charge < -0.3 is 4.90 Å². The summed E-state index contributed by atoms with van der Waals surface area (Å²) in [6, 6.07) is 9.23. The van der Waals surface area contributed by atoms with Gasteiger partial charge in [0.1, 0.15) is 0 Å². The lowest BCUT2D eigenvalue weighted by molar-refractivity contribution is -0.138. The zero-order valence-electron chi connectivity index (χ0n) is 17.8. The molecule has 0 N–H and O–H groups in total. The molecule has 0 aliphatic carbocycles. The fourth-order valence-electron chi connectivity index (χ4n) is 4.06. The zero-order valence-corrected chi connectivity index (χ0v) is 19.4. The molecule has 5 nitrogen and oxygen atoms in total. The molecule has 2 aliphatic heterocycles. The number of fused-ring (bicyclic) bond motifs is 1. The number of halogens is 4. The van der Waals surface area contributed by atoms with Gasteiger partial charge in [-0.3, -0.25) is 9.48 Å². The fourth-order valence-corrected chi connectivity index (χ4v) is 5.20. The van der Waals surface area contributed by atoms with Crippen molar-refractivity contribution in [1.82, 2.24) is 14.7 Å². The van der Waals surface area contributed by atoms with Crippen molar-refractivity contribution >= 4 is 51.4 Å². The third-order valence-corrected chi connectivity index (χ3v) is 7.03. The smallest absolute Gasteiger partial charge is 0.351 e. The van der Waals surface area contributed by atoms with Crippen molar-refractivity contribution in [3.05, 3.63) is 75.6 Å². The van der Waals surface area contributed by atoms with Gasteiger partial charge in [0.15, 0.2) is 5.17 Å². The molecule has 1 amide bonds. The topological polar surface area (TPSA) is 50.5 Å². The quantitative estimate of drug-likeness (QED) is 0.410. The Bertz CT molecular complexity index is 1330. The molecule has 1 aromatic heterocycles. The fraction of sp³-hybridized carbons (Fsp3) is 0.250. The Morgan fingerprint density at radius 3 is 2.68 bits per heavy atom. The monoisotopic (exact) mass is 503 g/mol. The number of hydrogen-bond donors (Lipinski definition) is 0. The lowest BCUT2D eigenvalue weighted by Gasteiger charge is -2.27. The van der Waals surface area contributed by atoms with Crippen molar-refractivity contribution in [2.45, 2.75) is 25.6 Å². The lowest BCUT2D eigenvalue weighted by Crippen LogP contribution is -2.33. The molecule has 0 bridgehead atoms. The number of carbonyl (C=O) groups excluding carboxylic acids is 1. The van der Waals surface area contributed by atoms with Crippen LogP contribution in [0.3, 0.4) is 0 Å². The summed E-state index contributed by atoms with van der Waals surface area (Å²) >= 11 is 7.16. The summed E-state index contributed by atoms with van der Waals surface area (Å²) in [5, 5.41) is 5.82. The Balaban J connectivity index is 1.37. The van der Waals surface area contributed by atoms with Gasteiger partial charge in [-0.05, 0) is 72.5 Å². The minimum absolute atomic E-state index is 0.0316. The van der Waals surface area contributed by atoms with E-state index < -0.39 is 11.7 Å². The van der Waals surface area contributed by atoms with Gasteiger partial charge in [0, 0.05) is 23.5 Å². The maximum absolute atomic E-state index is 13.5. The number of amides is 1. The van der Waals surface area contributed by atoms with E-state index in [4.69, 9.17) is 11.6 Å². The van der Waals surface area contributed by atoms with Crippen LogP contribution in [0.15, 0.2) is 52.5 Å². The van der Waals surface area contributed by atoms with Crippen LogP contribution in [0.5, 0.6) is 0 Å². The number of alkyl halides is 3. The molecular weight excluding hydrogens is 485 g/mol. The van der Waals surface area contributed by atoms with Crippen LogP contribution >= 0.6 is 23.4 Å². The lowest BCUT2D eigenvalue weighted by atomic mass is 10.1. The molecule has 1 fully saturated rings. The number of rotatable bonds is 3. The van der Waals surface area contributed by atoms with Gasteiger partial charge in [0.05, 0.1) is 28.7 Å². The van der Waals surface area contributed by atoms with Crippen LogP contribution in [0.2, 0.25) is 5.02 Å². The van der Waals surface area contributed by atoms with Crippen LogP contribution in [0.4, 0.5) is 13.2 Å². The van der Waals surface area contributed by atoms with E-state index in [1.54, 1.807) is 18.3 Å². The van der Waals surface area contributed by atoms with Gasteiger partial charge in [-0.1, -0.05) is 23.7 Å². The second-order valence-electron chi connectivity index (χ2n) is 8.08. The number of likely N-dealkylation sites (tertiary alicyclic amines) is 1. The van der Waals surface area contributed by atoms with Crippen LogP contribution in [-0.2, 0) is 17.5 Å². The minimum atomic E-state index is -4.51. The van der Waals surface area contributed by atoms with Crippen molar-refractivity contribution < 1.29 is 18.0 Å². The van der Waals surface area contributed by atoms with Gasteiger partial charge in [0.25, 0.3) is 5.91 Å². The third kappa shape index (κ3) is 4.72. The zero-order chi connectivity index (χ0) is 23.9. The molecule has 5 rings (SSSR count). The largest absolute Gasteiger partial charge is 0.416 e. The molecule has 34 heavy (non-hydrogen) atoms. The summed E-state index contributed by atoms with van der Waals surface area (Å²) in [5.74, 6) is -0.257. The number of carbonyl (C=O) groups is 1. The Kier molecular flexibility index (Phi) is 6.16. The maximum atomic E-state index is 13.5. The molecule has 1 radical (unpaired) electrons. The molecule has 3 aromatic rings. The first kappa shape index (κ1) is 23.0. The molecule has 0 spiro atoms. The van der Waals surface area contributed by atoms with Crippen LogP contribution < -0.4 is 0 Å². The number of piperidine rings is 1. The van der Waals surface area contributed by atoms with E-state index in [9.17, 15) is 18.0 Å². The minimum Gasteiger partial charge on any atom is -0.351 e. The molecule has 2 aromatic carbocycles. The van der Waals surface area contributed by atoms with Crippen LogP contribution in [0.25, 0.3) is 17.0 Å². The third-order valence-electron chi connectivity index (χ3n) is 5.75. The molecular formula is C24H19ClF3N4OS. The Morgan fingerprint density at radius 2 is 1.91 bits per heavy atom. The van der Waals surface area contributed by atoms with Crippen molar-refractivity contribution in [2.75, 3.05) is 13.1 Å². The first-order chi connectivity index (χ1) is 16.3. The highest BCUT2D eigenvalue weighted by Gasteiger charge is 2.33. The van der Waals surface area contributed by atoms with Crippen molar-refractivity contribution in [1.29, 1.82) is 0 Å². The maximum Gasteiger partial charge on any atom is 0.416 e. The average molecular weight is 504 g/mol.